The topological polar surface area (TPSA) is 53.4 Å². The fraction of sp³-hybridized carbons (Fsp3) is 0.500. The molecule has 0 radical (unpaired) electrons. The third-order valence-corrected chi connectivity index (χ3v) is 2.51. The van der Waals surface area contributed by atoms with Crippen LogP contribution in [0.25, 0.3) is 0 Å². The van der Waals surface area contributed by atoms with E-state index in [2.05, 4.69) is 16.8 Å². The molecule has 1 N–H and O–H groups in total. The quantitative estimate of drug-likeness (QED) is 0.830. The van der Waals surface area contributed by atoms with E-state index in [-0.39, 0.29) is 5.56 Å². The van der Waals surface area contributed by atoms with Crippen LogP contribution < -0.4 is 4.90 Å². The van der Waals surface area contributed by atoms with Crippen LogP contribution in [0.4, 0.5) is 5.82 Å². The molecule has 1 rings (SSSR count). The Bertz CT molecular complexity index is 377. The molecule has 0 unspecified atom stereocenters. The summed E-state index contributed by atoms with van der Waals surface area (Å²) in [6.45, 7) is 4.97. The summed E-state index contributed by atoms with van der Waals surface area (Å²) >= 11 is 0. The molecule has 0 atom stereocenters. The summed E-state index contributed by atoms with van der Waals surface area (Å²) in [6.07, 6.45) is 3.65. The zero-order valence-corrected chi connectivity index (χ0v) is 10.0. The van der Waals surface area contributed by atoms with Crippen molar-refractivity contribution in [3.05, 3.63) is 23.4 Å². The Morgan fingerprint density at radius 3 is 2.75 bits per heavy atom. The second kappa shape index (κ2) is 5.49. The first-order valence-electron chi connectivity index (χ1n) is 5.47. The van der Waals surface area contributed by atoms with Crippen molar-refractivity contribution in [3.8, 4) is 0 Å². The molecule has 0 saturated heterocycles. The van der Waals surface area contributed by atoms with Crippen molar-refractivity contribution in [2.75, 3.05) is 18.5 Å². The Balaban J connectivity index is 2.85. The number of carboxylic acid groups (broad SMARTS) is 1. The number of carboxylic acids is 1. The Morgan fingerprint density at radius 2 is 2.25 bits per heavy atom. The molecule has 88 valence electrons. The van der Waals surface area contributed by atoms with E-state index in [1.165, 1.54) is 6.20 Å². The molecule has 0 aliphatic rings. The van der Waals surface area contributed by atoms with Crippen LogP contribution in [-0.4, -0.2) is 29.7 Å². The molecule has 4 nitrogen and oxygen atoms in total. The van der Waals surface area contributed by atoms with E-state index in [9.17, 15) is 4.79 Å². The number of aryl methyl sites for hydroxylation is 1. The third kappa shape index (κ3) is 2.95. The number of pyridine rings is 1. The third-order valence-electron chi connectivity index (χ3n) is 2.51. The van der Waals surface area contributed by atoms with Gasteiger partial charge in [0.05, 0.1) is 5.56 Å². The summed E-state index contributed by atoms with van der Waals surface area (Å²) < 4.78 is 0. The highest BCUT2D eigenvalue weighted by molar-refractivity contribution is 5.87. The minimum atomic E-state index is -0.932. The summed E-state index contributed by atoms with van der Waals surface area (Å²) in [6, 6.07) is 1.66. The van der Waals surface area contributed by atoms with Gasteiger partial charge in [0.25, 0.3) is 0 Å². The number of nitrogens with zero attached hydrogens (tertiary/aromatic N) is 2. The van der Waals surface area contributed by atoms with Gasteiger partial charge in [0.2, 0.25) is 0 Å². The van der Waals surface area contributed by atoms with Crippen LogP contribution in [0.15, 0.2) is 12.3 Å². The molecule has 1 heterocycles. The van der Waals surface area contributed by atoms with E-state index in [1.807, 2.05) is 14.0 Å². The Hall–Kier alpha value is -1.58. The molecule has 0 amide bonds. The average Bonchev–Trinajstić information content (AvgIpc) is 2.25. The van der Waals surface area contributed by atoms with Gasteiger partial charge in [-0.1, -0.05) is 13.3 Å². The van der Waals surface area contributed by atoms with Crippen LogP contribution >= 0.6 is 0 Å². The van der Waals surface area contributed by atoms with Gasteiger partial charge >= 0.3 is 5.97 Å². The molecule has 0 aliphatic heterocycles. The fourth-order valence-electron chi connectivity index (χ4n) is 1.59. The van der Waals surface area contributed by atoms with Gasteiger partial charge in [-0.25, -0.2) is 9.78 Å². The first-order chi connectivity index (χ1) is 7.56. The van der Waals surface area contributed by atoms with Crippen molar-refractivity contribution in [1.29, 1.82) is 0 Å². The van der Waals surface area contributed by atoms with Crippen LogP contribution in [0.1, 0.15) is 35.7 Å². The highest BCUT2D eigenvalue weighted by atomic mass is 16.4. The molecule has 1 aromatic heterocycles. The number of aromatic carboxylic acids is 1. The molecule has 1 aromatic rings. The largest absolute Gasteiger partial charge is 0.478 e. The monoisotopic (exact) mass is 222 g/mol. The lowest BCUT2D eigenvalue weighted by atomic mass is 10.2. The van der Waals surface area contributed by atoms with E-state index in [0.29, 0.717) is 0 Å². The zero-order valence-electron chi connectivity index (χ0n) is 10.0. The molecule has 16 heavy (non-hydrogen) atoms. The van der Waals surface area contributed by atoms with Gasteiger partial charge in [0.1, 0.15) is 5.82 Å². The highest BCUT2D eigenvalue weighted by Gasteiger charge is 2.09. The van der Waals surface area contributed by atoms with Crippen LogP contribution in [0, 0.1) is 6.92 Å². The van der Waals surface area contributed by atoms with Crippen molar-refractivity contribution < 1.29 is 9.90 Å². The molecule has 0 bridgehead atoms. The van der Waals surface area contributed by atoms with Crippen LogP contribution in [0.2, 0.25) is 0 Å². The molecule has 4 heteroatoms. The fourth-order valence-corrected chi connectivity index (χ4v) is 1.59. The van der Waals surface area contributed by atoms with Crippen molar-refractivity contribution in [3.63, 3.8) is 0 Å². The molecule has 0 spiro atoms. The number of hydrogen-bond donors (Lipinski definition) is 1. The lowest BCUT2D eigenvalue weighted by Crippen LogP contribution is -2.20. The number of unbranched alkanes of at least 4 members (excludes halogenated alkanes) is 1. The first-order valence-corrected chi connectivity index (χ1v) is 5.47. The van der Waals surface area contributed by atoms with Crippen LogP contribution in [0.3, 0.4) is 0 Å². The second-order valence-corrected chi connectivity index (χ2v) is 3.94. The predicted molar refractivity (Wildman–Crippen MR) is 64.1 cm³/mol. The smallest absolute Gasteiger partial charge is 0.337 e. The summed E-state index contributed by atoms with van der Waals surface area (Å²) in [5, 5.41) is 8.83. The number of hydrogen-bond acceptors (Lipinski definition) is 3. The lowest BCUT2D eigenvalue weighted by Gasteiger charge is -2.19. The maximum atomic E-state index is 10.8. The standard InChI is InChI=1S/C12H18N2O2/c1-4-5-6-14(3)11-9(2)7-10(8-13-11)12(15)16/h7-8H,4-6H2,1-3H3,(H,15,16). The highest BCUT2D eigenvalue weighted by Crippen LogP contribution is 2.17. The SMILES string of the molecule is CCCCN(C)c1ncc(C(=O)O)cc1C. The second-order valence-electron chi connectivity index (χ2n) is 3.94. The van der Waals surface area contributed by atoms with Gasteiger partial charge < -0.3 is 10.0 Å². The normalized spacial score (nSPS) is 10.2. The summed E-state index contributed by atoms with van der Waals surface area (Å²) in [4.78, 5) is 17.0. The Morgan fingerprint density at radius 1 is 1.56 bits per heavy atom. The minimum Gasteiger partial charge on any atom is -0.478 e. The van der Waals surface area contributed by atoms with E-state index in [4.69, 9.17) is 5.11 Å². The molecule has 0 saturated carbocycles. The van der Waals surface area contributed by atoms with Crippen LogP contribution in [-0.2, 0) is 0 Å². The summed E-state index contributed by atoms with van der Waals surface area (Å²) in [7, 11) is 1.98. The van der Waals surface area contributed by atoms with Gasteiger partial charge in [-0.05, 0) is 25.0 Å². The number of rotatable bonds is 5. The van der Waals surface area contributed by atoms with E-state index < -0.39 is 5.97 Å². The molecular formula is C12H18N2O2. The molecule has 0 fully saturated rings. The number of aromatic nitrogens is 1. The predicted octanol–water partition coefficient (Wildman–Crippen LogP) is 2.32. The molecule has 0 aromatic carbocycles. The number of anilines is 1. The van der Waals surface area contributed by atoms with Gasteiger partial charge in [-0.3, -0.25) is 0 Å². The lowest BCUT2D eigenvalue weighted by molar-refractivity contribution is 0.0696. The van der Waals surface area contributed by atoms with Crippen molar-refractivity contribution in [2.45, 2.75) is 26.7 Å². The molecule has 0 aliphatic carbocycles. The first kappa shape index (κ1) is 12.5. The summed E-state index contributed by atoms with van der Waals surface area (Å²) in [5.74, 6) is -0.0724. The Labute approximate surface area is 95.9 Å². The maximum Gasteiger partial charge on any atom is 0.337 e. The van der Waals surface area contributed by atoms with Crippen LogP contribution in [0.5, 0.6) is 0 Å². The van der Waals surface area contributed by atoms with Gasteiger partial charge in [-0.2, -0.15) is 0 Å². The average molecular weight is 222 g/mol. The van der Waals surface area contributed by atoms with E-state index in [0.717, 1.165) is 30.8 Å². The van der Waals surface area contributed by atoms with Crippen molar-refractivity contribution in [1.82, 2.24) is 4.98 Å². The summed E-state index contributed by atoms with van der Waals surface area (Å²) in [5.41, 5.74) is 1.14. The minimum absolute atomic E-state index is 0.241. The van der Waals surface area contributed by atoms with Gasteiger partial charge in [0, 0.05) is 19.8 Å². The van der Waals surface area contributed by atoms with E-state index in [1.54, 1.807) is 6.07 Å². The molecular weight excluding hydrogens is 204 g/mol. The zero-order chi connectivity index (χ0) is 12.1. The van der Waals surface area contributed by atoms with Crippen molar-refractivity contribution >= 4 is 11.8 Å². The van der Waals surface area contributed by atoms with Gasteiger partial charge in [-0.15, -0.1) is 0 Å². The van der Waals surface area contributed by atoms with E-state index >= 15 is 0 Å². The Kier molecular flexibility index (Phi) is 4.28. The maximum absolute atomic E-state index is 10.8. The number of carbonyl (C=O) groups is 1. The van der Waals surface area contributed by atoms with Gasteiger partial charge in [0.15, 0.2) is 0 Å². The van der Waals surface area contributed by atoms with Crippen molar-refractivity contribution in [2.24, 2.45) is 0 Å².